The zero-order valence-electron chi connectivity index (χ0n) is 5.48. The van der Waals surface area contributed by atoms with Crippen molar-refractivity contribution < 1.29 is 4.39 Å². The van der Waals surface area contributed by atoms with Gasteiger partial charge in [-0.3, -0.25) is 0 Å². The van der Waals surface area contributed by atoms with E-state index in [1.54, 1.807) is 6.07 Å². The van der Waals surface area contributed by atoms with E-state index in [9.17, 15) is 4.39 Å². The summed E-state index contributed by atoms with van der Waals surface area (Å²) in [6.07, 6.45) is 0. The van der Waals surface area contributed by atoms with Crippen LogP contribution in [0.3, 0.4) is 0 Å². The minimum atomic E-state index is -0.428. The summed E-state index contributed by atoms with van der Waals surface area (Å²) in [5, 5.41) is 0. The third-order valence-electron chi connectivity index (χ3n) is 1.41. The second kappa shape index (κ2) is 3.57. The largest absolute Gasteiger partial charge is 0.246 e. The molecule has 0 aromatic heterocycles. The molecule has 10 heavy (non-hydrogen) atoms. The molecule has 0 atom stereocenters. The fourth-order valence-electron chi connectivity index (χ4n) is 0.818. The van der Waals surface area contributed by atoms with E-state index in [2.05, 4.69) is 0 Å². The minimum Gasteiger partial charge on any atom is -0.246 e. The van der Waals surface area contributed by atoms with E-state index in [1.807, 2.05) is 18.2 Å². The molecule has 0 aliphatic heterocycles. The number of rotatable bonds is 2. The molecule has 0 nitrogen and oxygen atoms in total. The SMILES string of the molecule is FCc1ccccc1CCl. The van der Waals surface area contributed by atoms with Gasteiger partial charge in [-0.25, -0.2) is 4.39 Å². The van der Waals surface area contributed by atoms with Gasteiger partial charge in [0, 0.05) is 5.88 Å². The lowest BCUT2D eigenvalue weighted by Crippen LogP contribution is -1.86. The maximum atomic E-state index is 12.1. The van der Waals surface area contributed by atoms with Crippen LogP contribution in [0.5, 0.6) is 0 Å². The molecule has 0 saturated carbocycles. The van der Waals surface area contributed by atoms with Crippen molar-refractivity contribution >= 4 is 11.6 Å². The molecule has 0 amide bonds. The number of hydrogen-bond acceptors (Lipinski definition) is 0. The highest BCUT2D eigenvalue weighted by Crippen LogP contribution is 2.11. The molecule has 0 heterocycles. The molecule has 0 N–H and O–H groups in total. The first-order chi connectivity index (χ1) is 4.88. The summed E-state index contributed by atoms with van der Waals surface area (Å²) in [6.45, 7) is -0.428. The lowest BCUT2D eigenvalue weighted by atomic mass is 10.1. The fourth-order valence-corrected chi connectivity index (χ4v) is 1.08. The summed E-state index contributed by atoms with van der Waals surface area (Å²) in [7, 11) is 0. The van der Waals surface area contributed by atoms with Crippen LogP contribution < -0.4 is 0 Å². The highest BCUT2D eigenvalue weighted by atomic mass is 35.5. The van der Waals surface area contributed by atoms with Crippen LogP contribution in [-0.4, -0.2) is 0 Å². The predicted octanol–water partition coefficient (Wildman–Crippen LogP) is 2.89. The Hall–Kier alpha value is -0.560. The molecule has 54 valence electrons. The molecule has 2 heteroatoms. The van der Waals surface area contributed by atoms with Gasteiger partial charge in [-0.1, -0.05) is 24.3 Å². The van der Waals surface area contributed by atoms with E-state index < -0.39 is 6.67 Å². The average molecular weight is 159 g/mol. The first kappa shape index (κ1) is 7.55. The zero-order valence-corrected chi connectivity index (χ0v) is 6.24. The second-order valence-electron chi connectivity index (χ2n) is 2.04. The topological polar surface area (TPSA) is 0 Å². The van der Waals surface area contributed by atoms with Gasteiger partial charge >= 0.3 is 0 Å². The minimum absolute atomic E-state index is 0.389. The summed E-state index contributed by atoms with van der Waals surface area (Å²) >= 11 is 5.54. The third kappa shape index (κ3) is 1.48. The quantitative estimate of drug-likeness (QED) is 0.581. The van der Waals surface area contributed by atoms with Crippen molar-refractivity contribution in [2.75, 3.05) is 0 Å². The Bertz CT molecular complexity index is 187. The van der Waals surface area contributed by atoms with E-state index in [0.29, 0.717) is 11.4 Å². The third-order valence-corrected chi connectivity index (χ3v) is 1.69. The highest BCUT2D eigenvalue weighted by molar-refractivity contribution is 6.17. The van der Waals surface area contributed by atoms with Gasteiger partial charge in [0.05, 0.1) is 0 Å². The molecule has 1 aromatic carbocycles. The van der Waals surface area contributed by atoms with Crippen LogP contribution in [0.15, 0.2) is 24.3 Å². The van der Waals surface area contributed by atoms with Gasteiger partial charge in [-0.2, -0.15) is 0 Å². The molecule has 0 spiro atoms. The normalized spacial score (nSPS) is 9.80. The van der Waals surface area contributed by atoms with Gasteiger partial charge in [-0.15, -0.1) is 11.6 Å². The first-order valence-corrected chi connectivity index (χ1v) is 3.60. The van der Waals surface area contributed by atoms with Gasteiger partial charge in [0.25, 0.3) is 0 Å². The molecular formula is C8H8ClF. The molecule has 0 fully saturated rings. The molecule has 0 bridgehead atoms. The van der Waals surface area contributed by atoms with Crippen molar-refractivity contribution in [1.29, 1.82) is 0 Å². The van der Waals surface area contributed by atoms with E-state index in [0.717, 1.165) is 5.56 Å². The van der Waals surface area contributed by atoms with Crippen molar-refractivity contribution in [3.8, 4) is 0 Å². The van der Waals surface area contributed by atoms with Crippen LogP contribution in [0.25, 0.3) is 0 Å². The Balaban J connectivity index is 2.96. The van der Waals surface area contributed by atoms with Crippen molar-refractivity contribution in [3.63, 3.8) is 0 Å². The van der Waals surface area contributed by atoms with Gasteiger partial charge in [0.2, 0.25) is 0 Å². The van der Waals surface area contributed by atoms with Crippen LogP contribution in [-0.2, 0) is 12.6 Å². The van der Waals surface area contributed by atoms with Crippen LogP contribution in [0.2, 0.25) is 0 Å². The van der Waals surface area contributed by atoms with E-state index in [1.165, 1.54) is 0 Å². The summed E-state index contributed by atoms with van der Waals surface area (Å²) in [5.74, 6) is 0.389. The summed E-state index contributed by atoms with van der Waals surface area (Å²) < 4.78 is 12.1. The molecule has 1 rings (SSSR count). The highest BCUT2D eigenvalue weighted by Gasteiger charge is 1.97. The summed E-state index contributed by atoms with van der Waals surface area (Å²) in [4.78, 5) is 0. The maximum absolute atomic E-state index is 12.1. The number of benzene rings is 1. The van der Waals surface area contributed by atoms with E-state index in [-0.39, 0.29) is 0 Å². The van der Waals surface area contributed by atoms with Crippen LogP contribution >= 0.6 is 11.6 Å². The number of hydrogen-bond donors (Lipinski definition) is 0. The zero-order chi connectivity index (χ0) is 7.40. The Labute approximate surface area is 64.6 Å². The van der Waals surface area contributed by atoms with E-state index >= 15 is 0 Å². The molecule has 1 aromatic rings. The first-order valence-electron chi connectivity index (χ1n) is 3.07. The van der Waals surface area contributed by atoms with Crippen molar-refractivity contribution in [2.45, 2.75) is 12.6 Å². The lowest BCUT2D eigenvalue weighted by molar-refractivity contribution is 0.483. The maximum Gasteiger partial charge on any atom is 0.115 e. The molecular weight excluding hydrogens is 151 g/mol. The van der Waals surface area contributed by atoms with Gasteiger partial charge in [0.1, 0.15) is 6.67 Å². The van der Waals surface area contributed by atoms with Crippen molar-refractivity contribution in [3.05, 3.63) is 35.4 Å². The molecule has 0 aliphatic carbocycles. The number of alkyl halides is 2. The second-order valence-corrected chi connectivity index (χ2v) is 2.30. The molecule has 0 radical (unpaired) electrons. The summed E-state index contributed by atoms with van der Waals surface area (Å²) in [6, 6.07) is 7.25. The lowest BCUT2D eigenvalue weighted by Gasteiger charge is -1.99. The molecule has 0 aliphatic rings. The van der Waals surface area contributed by atoms with Gasteiger partial charge in [0.15, 0.2) is 0 Å². The Kier molecular flexibility index (Phi) is 2.69. The summed E-state index contributed by atoms with van der Waals surface area (Å²) in [5.41, 5.74) is 1.57. The monoisotopic (exact) mass is 158 g/mol. The fraction of sp³-hybridized carbons (Fsp3) is 0.250. The number of halogens is 2. The smallest absolute Gasteiger partial charge is 0.115 e. The van der Waals surface area contributed by atoms with Crippen molar-refractivity contribution in [2.24, 2.45) is 0 Å². The molecule has 0 saturated heterocycles. The Morgan fingerprint density at radius 1 is 1.20 bits per heavy atom. The van der Waals surface area contributed by atoms with Gasteiger partial charge in [-0.05, 0) is 11.1 Å². The van der Waals surface area contributed by atoms with Crippen LogP contribution in [0.1, 0.15) is 11.1 Å². The standard InChI is InChI=1S/C8H8ClF/c9-5-7-3-1-2-4-8(7)6-10/h1-4H,5-6H2. The van der Waals surface area contributed by atoms with E-state index in [4.69, 9.17) is 11.6 Å². The Morgan fingerprint density at radius 2 is 1.80 bits per heavy atom. The van der Waals surface area contributed by atoms with Crippen LogP contribution in [0, 0.1) is 0 Å². The Morgan fingerprint density at radius 3 is 2.20 bits per heavy atom. The van der Waals surface area contributed by atoms with Gasteiger partial charge < -0.3 is 0 Å². The average Bonchev–Trinajstić information content (AvgIpc) is 2.04. The van der Waals surface area contributed by atoms with Crippen LogP contribution in [0.4, 0.5) is 4.39 Å². The van der Waals surface area contributed by atoms with Crippen molar-refractivity contribution in [1.82, 2.24) is 0 Å². The molecule has 0 unspecified atom stereocenters. The predicted molar refractivity (Wildman–Crippen MR) is 40.8 cm³/mol.